The number of carbonyl (C=O) groups is 1. The van der Waals surface area contributed by atoms with Crippen molar-refractivity contribution < 1.29 is 9.90 Å². The SMILES string of the molecule is CN(Cc1ccccc1)C(=O)c1cc(NC(C)(C)CC(C)(C)C)nc(Nc2ccccc2O)n1. The summed E-state index contributed by atoms with van der Waals surface area (Å²) in [6, 6.07) is 18.3. The highest BCUT2D eigenvalue weighted by Crippen LogP contribution is 2.30. The summed E-state index contributed by atoms with van der Waals surface area (Å²) in [5.74, 6) is 0.628. The molecule has 7 nitrogen and oxygen atoms in total. The first kappa shape index (κ1) is 25.0. The zero-order valence-electron chi connectivity index (χ0n) is 20.9. The van der Waals surface area contributed by atoms with Gasteiger partial charge in [0.1, 0.15) is 17.3 Å². The lowest BCUT2D eigenvalue weighted by atomic mass is 9.82. The van der Waals surface area contributed by atoms with Crippen LogP contribution >= 0.6 is 0 Å². The number of carbonyl (C=O) groups excluding carboxylic acids is 1. The Morgan fingerprint density at radius 1 is 0.971 bits per heavy atom. The molecule has 0 fully saturated rings. The first-order chi connectivity index (χ1) is 15.9. The zero-order valence-corrected chi connectivity index (χ0v) is 20.9. The van der Waals surface area contributed by atoms with E-state index in [9.17, 15) is 9.90 Å². The fraction of sp³-hybridized carbons (Fsp3) is 0.370. The molecule has 1 heterocycles. The molecule has 3 N–H and O–H groups in total. The van der Waals surface area contributed by atoms with Gasteiger partial charge < -0.3 is 20.6 Å². The highest BCUT2D eigenvalue weighted by atomic mass is 16.3. The maximum absolute atomic E-state index is 13.3. The van der Waals surface area contributed by atoms with Crippen LogP contribution in [0.3, 0.4) is 0 Å². The second kappa shape index (κ2) is 10.1. The molecule has 0 saturated heterocycles. The maximum atomic E-state index is 13.3. The van der Waals surface area contributed by atoms with Gasteiger partial charge in [0.2, 0.25) is 5.95 Å². The Balaban J connectivity index is 1.93. The van der Waals surface area contributed by atoms with Gasteiger partial charge in [-0.3, -0.25) is 4.79 Å². The molecule has 3 aromatic rings. The monoisotopic (exact) mass is 461 g/mol. The second-order valence-corrected chi connectivity index (χ2v) is 10.5. The summed E-state index contributed by atoms with van der Waals surface area (Å²) in [6.07, 6.45) is 0.892. The normalized spacial score (nSPS) is 11.7. The lowest BCUT2D eigenvalue weighted by Gasteiger charge is -2.34. The Bertz CT molecular complexity index is 1120. The van der Waals surface area contributed by atoms with Crippen molar-refractivity contribution in [2.75, 3.05) is 17.7 Å². The van der Waals surface area contributed by atoms with Crippen molar-refractivity contribution in [3.63, 3.8) is 0 Å². The van der Waals surface area contributed by atoms with Gasteiger partial charge in [0.25, 0.3) is 5.91 Å². The minimum atomic E-state index is -0.269. The van der Waals surface area contributed by atoms with Crippen molar-refractivity contribution in [3.8, 4) is 5.75 Å². The largest absolute Gasteiger partial charge is 0.506 e. The van der Waals surface area contributed by atoms with Crippen LogP contribution in [0.25, 0.3) is 0 Å². The molecular formula is C27H35N5O2. The van der Waals surface area contributed by atoms with Crippen molar-refractivity contribution in [1.29, 1.82) is 0 Å². The lowest BCUT2D eigenvalue weighted by Crippen LogP contribution is -2.36. The van der Waals surface area contributed by atoms with Crippen molar-refractivity contribution in [3.05, 3.63) is 71.9 Å². The molecule has 0 unspecified atom stereocenters. The molecule has 2 aromatic carbocycles. The first-order valence-electron chi connectivity index (χ1n) is 11.4. The molecule has 34 heavy (non-hydrogen) atoms. The van der Waals surface area contributed by atoms with E-state index in [1.807, 2.05) is 30.3 Å². The molecule has 0 radical (unpaired) electrons. The third-order valence-electron chi connectivity index (χ3n) is 5.14. The summed E-state index contributed by atoms with van der Waals surface area (Å²) in [7, 11) is 1.75. The van der Waals surface area contributed by atoms with Crippen molar-refractivity contribution >= 4 is 23.4 Å². The van der Waals surface area contributed by atoms with Crippen LogP contribution < -0.4 is 10.6 Å². The predicted octanol–water partition coefficient (Wildman–Crippen LogP) is 5.82. The number of hydrogen-bond acceptors (Lipinski definition) is 6. The van der Waals surface area contributed by atoms with Gasteiger partial charge in [-0.15, -0.1) is 0 Å². The minimum absolute atomic E-state index is 0.0756. The lowest BCUT2D eigenvalue weighted by molar-refractivity contribution is 0.0779. The van der Waals surface area contributed by atoms with Crippen LogP contribution in [0.4, 0.5) is 17.5 Å². The summed E-state index contributed by atoms with van der Waals surface area (Å²) in [4.78, 5) is 24.0. The molecule has 0 atom stereocenters. The van der Waals surface area contributed by atoms with E-state index in [0.29, 0.717) is 18.1 Å². The Kier molecular flexibility index (Phi) is 7.44. The summed E-state index contributed by atoms with van der Waals surface area (Å²) in [5.41, 5.74) is 1.60. The van der Waals surface area contributed by atoms with Gasteiger partial charge in [0, 0.05) is 25.2 Å². The Labute approximate surface area is 202 Å². The molecule has 0 spiro atoms. The van der Waals surface area contributed by atoms with Crippen LogP contribution in [-0.4, -0.2) is 38.5 Å². The van der Waals surface area contributed by atoms with E-state index in [1.54, 1.807) is 42.3 Å². The number of aromatic hydroxyl groups is 1. The van der Waals surface area contributed by atoms with E-state index in [4.69, 9.17) is 0 Å². The van der Waals surface area contributed by atoms with Crippen LogP contribution in [0.5, 0.6) is 5.75 Å². The van der Waals surface area contributed by atoms with Gasteiger partial charge in [-0.1, -0.05) is 63.2 Å². The number of hydrogen-bond donors (Lipinski definition) is 3. The van der Waals surface area contributed by atoms with Crippen molar-refractivity contribution in [2.45, 2.75) is 53.1 Å². The molecule has 7 heteroatoms. The van der Waals surface area contributed by atoms with Crippen LogP contribution in [0.2, 0.25) is 0 Å². The van der Waals surface area contributed by atoms with Crippen LogP contribution in [-0.2, 0) is 6.54 Å². The first-order valence-corrected chi connectivity index (χ1v) is 11.4. The average molecular weight is 462 g/mol. The number of amides is 1. The molecule has 0 aliphatic carbocycles. The topological polar surface area (TPSA) is 90.4 Å². The van der Waals surface area contributed by atoms with E-state index in [2.05, 4.69) is 55.2 Å². The number of benzene rings is 2. The highest BCUT2D eigenvalue weighted by Gasteiger charge is 2.27. The van der Waals surface area contributed by atoms with Crippen LogP contribution in [0.1, 0.15) is 57.1 Å². The third kappa shape index (κ3) is 7.20. The Morgan fingerprint density at radius 2 is 1.62 bits per heavy atom. The van der Waals surface area contributed by atoms with Crippen molar-refractivity contribution in [1.82, 2.24) is 14.9 Å². The van der Waals surface area contributed by atoms with E-state index in [-0.39, 0.29) is 34.3 Å². The van der Waals surface area contributed by atoms with Gasteiger partial charge in [-0.05, 0) is 43.4 Å². The van der Waals surface area contributed by atoms with Gasteiger partial charge in [-0.2, -0.15) is 4.98 Å². The maximum Gasteiger partial charge on any atom is 0.272 e. The molecule has 1 aromatic heterocycles. The van der Waals surface area contributed by atoms with E-state index in [1.165, 1.54) is 0 Å². The summed E-state index contributed by atoms with van der Waals surface area (Å²) in [5, 5.41) is 16.7. The standard InChI is InChI=1S/C27H35N5O2/c1-26(2,3)18-27(4,5)31-23-16-21(24(34)32(6)17-19-12-8-7-9-13-19)29-25(30-23)28-20-14-10-11-15-22(20)33/h7-16,33H,17-18H2,1-6H3,(H2,28,29,30,31). The van der Waals surface area contributed by atoms with E-state index < -0.39 is 0 Å². The number of nitrogens with zero attached hydrogens (tertiary/aromatic N) is 3. The summed E-state index contributed by atoms with van der Waals surface area (Å²) in [6.45, 7) is 11.3. The molecular weight excluding hydrogens is 426 g/mol. The average Bonchev–Trinajstić information content (AvgIpc) is 2.73. The second-order valence-electron chi connectivity index (χ2n) is 10.5. The molecule has 3 rings (SSSR count). The highest BCUT2D eigenvalue weighted by molar-refractivity contribution is 5.93. The third-order valence-corrected chi connectivity index (χ3v) is 5.14. The number of rotatable bonds is 8. The molecule has 0 bridgehead atoms. The van der Waals surface area contributed by atoms with Gasteiger partial charge >= 0.3 is 0 Å². The number of anilines is 3. The predicted molar refractivity (Wildman–Crippen MR) is 137 cm³/mol. The quantitative estimate of drug-likeness (QED) is 0.366. The van der Waals surface area contributed by atoms with Crippen molar-refractivity contribution in [2.24, 2.45) is 5.41 Å². The van der Waals surface area contributed by atoms with E-state index in [0.717, 1.165) is 12.0 Å². The fourth-order valence-corrected chi connectivity index (χ4v) is 4.22. The van der Waals surface area contributed by atoms with Crippen LogP contribution in [0, 0.1) is 5.41 Å². The number of aromatic nitrogens is 2. The number of para-hydroxylation sites is 2. The number of nitrogens with one attached hydrogen (secondary N) is 2. The minimum Gasteiger partial charge on any atom is -0.506 e. The van der Waals surface area contributed by atoms with Gasteiger partial charge in [-0.25, -0.2) is 4.98 Å². The van der Waals surface area contributed by atoms with Gasteiger partial charge in [0.05, 0.1) is 5.69 Å². The molecule has 0 aliphatic heterocycles. The van der Waals surface area contributed by atoms with Crippen LogP contribution in [0.15, 0.2) is 60.7 Å². The van der Waals surface area contributed by atoms with Gasteiger partial charge in [0.15, 0.2) is 0 Å². The number of phenolic OH excluding ortho intramolecular Hbond substituents is 1. The summed E-state index contributed by atoms with van der Waals surface area (Å²) < 4.78 is 0. The Hall–Kier alpha value is -3.61. The van der Waals surface area contributed by atoms with E-state index >= 15 is 0 Å². The zero-order chi connectivity index (χ0) is 24.9. The fourth-order valence-electron chi connectivity index (χ4n) is 4.22. The number of phenols is 1. The molecule has 180 valence electrons. The Morgan fingerprint density at radius 3 is 2.26 bits per heavy atom. The molecule has 0 aliphatic rings. The molecule has 0 saturated carbocycles. The smallest absolute Gasteiger partial charge is 0.272 e. The summed E-state index contributed by atoms with van der Waals surface area (Å²) >= 11 is 0. The molecule has 1 amide bonds.